The van der Waals surface area contributed by atoms with Gasteiger partial charge in [0.15, 0.2) is 0 Å². The lowest BCUT2D eigenvalue weighted by atomic mass is 10.1. The molecule has 1 aromatic heterocycles. The van der Waals surface area contributed by atoms with Crippen molar-refractivity contribution in [3.63, 3.8) is 0 Å². The Balaban J connectivity index is 2.38. The fraction of sp³-hybridized carbons (Fsp3) is 0.278. The predicted molar refractivity (Wildman–Crippen MR) is 93.6 cm³/mol. The van der Waals surface area contributed by atoms with Crippen molar-refractivity contribution in [1.82, 2.24) is 9.47 Å². The van der Waals surface area contributed by atoms with Gasteiger partial charge in [-0.15, -0.1) is 0 Å². The molecule has 1 N–H and O–H groups in total. The zero-order valence-electron chi connectivity index (χ0n) is 14.5. The number of nitrogens with one attached hydrogen (secondary N) is 1. The van der Waals surface area contributed by atoms with Crippen LogP contribution >= 0.6 is 0 Å². The highest BCUT2D eigenvalue weighted by Crippen LogP contribution is 2.13. The smallest absolute Gasteiger partial charge is 0.274 e. The molecule has 1 aromatic carbocycles. The van der Waals surface area contributed by atoms with E-state index >= 15 is 0 Å². The van der Waals surface area contributed by atoms with Gasteiger partial charge < -0.3 is 14.8 Å². The number of carbonyl (C=O) groups is 2. The summed E-state index contributed by atoms with van der Waals surface area (Å²) < 4.78 is 1.28. The van der Waals surface area contributed by atoms with Crippen molar-refractivity contribution in [3.8, 4) is 0 Å². The van der Waals surface area contributed by atoms with E-state index in [-0.39, 0.29) is 23.1 Å². The van der Waals surface area contributed by atoms with E-state index in [9.17, 15) is 14.4 Å². The van der Waals surface area contributed by atoms with Crippen molar-refractivity contribution in [2.24, 2.45) is 7.05 Å². The third-order valence-corrected chi connectivity index (χ3v) is 3.85. The van der Waals surface area contributed by atoms with Crippen molar-refractivity contribution in [2.45, 2.75) is 13.8 Å². The summed E-state index contributed by atoms with van der Waals surface area (Å²) in [5, 5.41) is 2.61. The fourth-order valence-corrected chi connectivity index (χ4v) is 2.25. The number of nitrogens with zero attached hydrogens (tertiary/aromatic N) is 2. The van der Waals surface area contributed by atoms with Crippen LogP contribution < -0.4 is 10.9 Å². The Morgan fingerprint density at radius 3 is 2.29 bits per heavy atom. The summed E-state index contributed by atoms with van der Waals surface area (Å²) in [4.78, 5) is 38.1. The van der Waals surface area contributed by atoms with Gasteiger partial charge in [-0.2, -0.15) is 0 Å². The first-order valence-electron chi connectivity index (χ1n) is 7.51. The van der Waals surface area contributed by atoms with Crippen LogP contribution in [-0.4, -0.2) is 35.4 Å². The lowest BCUT2D eigenvalue weighted by Gasteiger charge is -2.13. The van der Waals surface area contributed by atoms with E-state index in [4.69, 9.17) is 0 Å². The van der Waals surface area contributed by atoms with Crippen molar-refractivity contribution < 1.29 is 9.59 Å². The lowest BCUT2D eigenvalue weighted by Crippen LogP contribution is -2.28. The maximum atomic E-state index is 12.4. The molecule has 0 aliphatic heterocycles. The molecule has 24 heavy (non-hydrogen) atoms. The summed E-state index contributed by atoms with van der Waals surface area (Å²) in [5.74, 6) is -0.628. The van der Waals surface area contributed by atoms with Crippen LogP contribution in [-0.2, 0) is 7.05 Å². The van der Waals surface area contributed by atoms with Gasteiger partial charge in [-0.25, -0.2) is 0 Å². The Morgan fingerprint density at radius 1 is 1.04 bits per heavy atom. The summed E-state index contributed by atoms with van der Waals surface area (Å²) in [6, 6.07) is 6.74. The van der Waals surface area contributed by atoms with E-state index in [1.807, 2.05) is 19.9 Å². The minimum atomic E-state index is -0.385. The molecule has 2 amide bonds. The Hall–Kier alpha value is -2.89. The van der Waals surface area contributed by atoms with Gasteiger partial charge in [0.05, 0.1) is 5.56 Å². The Labute approximate surface area is 140 Å². The second kappa shape index (κ2) is 6.70. The van der Waals surface area contributed by atoms with E-state index in [2.05, 4.69) is 5.32 Å². The van der Waals surface area contributed by atoms with Gasteiger partial charge in [-0.3, -0.25) is 14.4 Å². The Morgan fingerprint density at radius 2 is 1.71 bits per heavy atom. The predicted octanol–water partition coefficient (Wildman–Crippen LogP) is 1.96. The molecule has 6 heteroatoms. The van der Waals surface area contributed by atoms with Gasteiger partial charge in [0, 0.05) is 32.9 Å². The van der Waals surface area contributed by atoms with Gasteiger partial charge in [-0.1, -0.05) is 6.07 Å². The highest BCUT2D eigenvalue weighted by molar-refractivity contribution is 6.05. The first-order chi connectivity index (χ1) is 11.2. The van der Waals surface area contributed by atoms with E-state index in [0.29, 0.717) is 11.1 Å². The van der Waals surface area contributed by atoms with Gasteiger partial charge >= 0.3 is 0 Å². The number of anilines is 1. The van der Waals surface area contributed by atoms with Crippen LogP contribution in [0.3, 0.4) is 0 Å². The molecule has 0 saturated heterocycles. The van der Waals surface area contributed by atoms with Crippen molar-refractivity contribution in [2.75, 3.05) is 19.4 Å². The molecule has 0 atom stereocenters. The molecule has 0 saturated carbocycles. The number of pyridine rings is 1. The molecule has 0 aliphatic carbocycles. The first kappa shape index (κ1) is 17.5. The second-order valence-corrected chi connectivity index (χ2v) is 6.01. The van der Waals surface area contributed by atoms with Crippen LogP contribution in [0.5, 0.6) is 0 Å². The van der Waals surface area contributed by atoms with Crippen LogP contribution in [0.4, 0.5) is 5.69 Å². The average Bonchev–Trinajstić information content (AvgIpc) is 2.53. The zero-order valence-corrected chi connectivity index (χ0v) is 14.5. The minimum Gasteiger partial charge on any atom is -0.345 e. The summed E-state index contributed by atoms with van der Waals surface area (Å²) in [6.07, 6.45) is 1.45. The van der Waals surface area contributed by atoms with Crippen LogP contribution in [0.1, 0.15) is 31.8 Å². The maximum Gasteiger partial charge on any atom is 0.274 e. The molecule has 0 bridgehead atoms. The van der Waals surface area contributed by atoms with Crippen molar-refractivity contribution >= 4 is 17.5 Å². The molecule has 0 unspecified atom stereocenters. The largest absolute Gasteiger partial charge is 0.345 e. The third kappa shape index (κ3) is 3.53. The maximum absolute atomic E-state index is 12.4. The van der Waals surface area contributed by atoms with E-state index < -0.39 is 0 Å². The fourth-order valence-electron chi connectivity index (χ4n) is 2.25. The first-order valence-corrected chi connectivity index (χ1v) is 7.51. The Bertz CT molecular complexity index is 866. The average molecular weight is 327 g/mol. The zero-order chi connectivity index (χ0) is 18.0. The highest BCUT2D eigenvalue weighted by atomic mass is 16.2. The number of rotatable bonds is 3. The lowest BCUT2D eigenvalue weighted by molar-refractivity contribution is 0.0826. The monoisotopic (exact) mass is 327 g/mol. The molecule has 126 valence electrons. The quantitative estimate of drug-likeness (QED) is 0.937. The van der Waals surface area contributed by atoms with Gasteiger partial charge in [-0.05, 0) is 43.2 Å². The van der Waals surface area contributed by atoms with Gasteiger partial charge in [0.2, 0.25) is 0 Å². The standard InChI is InChI=1S/C18H21N3O3/c1-11-6-7-13(8-12(11)2)16(22)19-15-9-14(17(23)20(3)4)10-21(5)18(15)24/h6-10H,1-5H3,(H,19,22). The molecule has 1 heterocycles. The number of aromatic nitrogens is 1. The summed E-state index contributed by atoms with van der Waals surface area (Å²) in [7, 11) is 4.79. The molecule has 6 nitrogen and oxygen atoms in total. The molecular formula is C18H21N3O3. The molecule has 0 aliphatic rings. The molecule has 0 fully saturated rings. The summed E-state index contributed by atoms with van der Waals surface area (Å²) in [5.41, 5.74) is 2.58. The molecule has 2 rings (SSSR count). The number of hydrogen-bond donors (Lipinski definition) is 1. The van der Waals surface area contributed by atoms with Crippen LogP contribution in [0.2, 0.25) is 0 Å². The second-order valence-electron chi connectivity index (χ2n) is 6.01. The van der Waals surface area contributed by atoms with E-state index in [0.717, 1.165) is 11.1 Å². The van der Waals surface area contributed by atoms with Gasteiger partial charge in [0.25, 0.3) is 17.4 Å². The van der Waals surface area contributed by atoms with E-state index in [1.54, 1.807) is 33.3 Å². The van der Waals surface area contributed by atoms with Crippen LogP contribution in [0, 0.1) is 13.8 Å². The molecular weight excluding hydrogens is 306 g/mol. The third-order valence-electron chi connectivity index (χ3n) is 3.85. The SMILES string of the molecule is Cc1ccc(C(=O)Nc2cc(C(=O)N(C)C)cn(C)c2=O)cc1C. The number of carbonyl (C=O) groups excluding carboxylic acids is 2. The number of benzene rings is 1. The van der Waals surface area contributed by atoms with Crippen LogP contribution in [0.15, 0.2) is 35.3 Å². The van der Waals surface area contributed by atoms with Gasteiger partial charge in [0.1, 0.15) is 5.69 Å². The van der Waals surface area contributed by atoms with E-state index in [1.165, 1.54) is 21.7 Å². The topological polar surface area (TPSA) is 71.4 Å². The number of hydrogen-bond acceptors (Lipinski definition) is 3. The number of aryl methyl sites for hydroxylation is 3. The molecule has 2 aromatic rings. The number of amides is 2. The molecule has 0 spiro atoms. The molecule has 0 radical (unpaired) electrons. The van der Waals surface area contributed by atoms with Crippen LogP contribution in [0.25, 0.3) is 0 Å². The highest BCUT2D eigenvalue weighted by Gasteiger charge is 2.15. The normalized spacial score (nSPS) is 10.4. The summed E-state index contributed by atoms with van der Waals surface area (Å²) >= 11 is 0. The van der Waals surface area contributed by atoms with Crippen molar-refractivity contribution in [3.05, 3.63) is 63.1 Å². The van der Waals surface area contributed by atoms with Crippen molar-refractivity contribution in [1.29, 1.82) is 0 Å². The minimum absolute atomic E-state index is 0.0772. The Kier molecular flexibility index (Phi) is 4.87. The summed E-state index contributed by atoms with van der Waals surface area (Å²) in [6.45, 7) is 3.88.